The Morgan fingerprint density at radius 2 is 1.73 bits per heavy atom. The number of nitrogens with zero attached hydrogens (tertiary/aromatic N) is 3. The maximum absolute atomic E-state index is 13.1. The summed E-state index contributed by atoms with van der Waals surface area (Å²) >= 11 is 1.03. The Balaban J connectivity index is 1.37. The molecule has 1 aliphatic heterocycles. The number of nitrogens with one attached hydrogen (secondary N) is 1. The Bertz CT molecular complexity index is 1340. The van der Waals surface area contributed by atoms with E-state index in [1.807, 2.05) is 6.92 Å². The third-order valence-electron chi connectivity index (χ3n) is 5.62. The van der Waals surface area contributed by atoms with Crippen molar-refractivity contribution in [2.45, 2.75) is 18.4 Å². The van der Waals surface area contributed by atoms with Crippen molar-refractivity contribution in [3.8, 4) is 0 Å². The molecule has 1 N–H and O–H groups in total. The van der Waals surface area contributed by atoms with Crippen LogP contribution in [0.5, 0.6) is 0 Å². The van der Waals surface area contributed by atoms with Gasteiger partial charge >= 0.3 is 4.87 Å². The zero-order valence-corrected chi connectivity index (χ0v) is 19.7. The first kappa shape index (κ1) is 23.1. The first-order valence-corrected chi connectivity index (χ1v) is 12.8. The smallest absolute Gasteiger partial charge is 0.308 e. The molecule has 4 rings (SSSR count). The van der Waals surface area contributed by atoms with Gasteiger partial charge in [-0.15, -0.1) is 0 Å². The standard InChI is InChI=1S/C22H24N4O5S2/c1-2-26-18-9-8-17(14-19(18)32-22(26)29)33(30,31)25-12-10-24(11-13-25)20(27)15-23-21(28)16-6-4-3-5-7-16/h3-9,14H,2,10-13,15H2,1H3,(H,23,28). The highest BCUT2D eigenvalue weighted by Gasteiger charge is 2.30. The van der Waals surface area contributed by atoms with Crippen LogP contribution in [0.25, 0.3) is 10.2 Å². The summed E-state index contributed by atoms with van der Waals surface area (Å²) in [4.78, 5) is 38.2. The summed E-state index contributed by atoms with van der Waals surface area (Å²) in [5, 5.41) is 2.60. The Labute approximate surface area is 195 Å². The summed E-state index contributed by atoms with van der Waals surface area (Å²) in [6.45, 7) is 3.03. The van der Waals surface area contributed by atoms with Gasteiger partial charge in [-0.3, -0.25) is 19.0 Å². The van der Waals surface area contributed by atoms with E-state index < -0.39 is 10.0 Å². The third kappa shape index (κ3) is 4.70. The van der Waals surface area contributed by atoms with E-state index >= 15 is 0 Å². The minimum absolute atomic E-state index is 0.117. The third-order valence-corrected chi connectivity index (χ3v) is 8.46. The van der Waals surface area contributed by atoms with Crippen LogP contribution >= 0.6 is 11.3 Å². The number of carbonyl (C=O) groups is 2. The number of hydrogen-bond acceptors (Lipinski definition) is 6. The second-order valence-electron chi connectivity index (χ2n) is 7.58. The number of amides is 2. The first-order valence-electron chi connectivity index (χ1n) is 10.6. The van der Waals surface area contributed by atoms with Crippen LogP contribution in [0, 0.1) is 0 Å². The highest BCUT2D eigenvalue weighted by atomic mass is 32.2. The fourth-order valence-corrected chi connectivity index (χ4v) is 6.31. The first-order chi connectivity index (χ1) is 15.8. The van der Waals surface area contributed by atoms with Gasteiger partial charge in [0, 0.05) is 38.3 Å². The van der Waals surface area contributed by atoms with Crippen molar-refractivity contribution >= 4 is 43.4 Å². The van der Waals surface area contributed by atoms with Gasteiger partial charge < -0.3 is 10.2 Å². The van der Waals surface area contributed by atoms with Crippen molar-refractivity contribution in [1.82, 2.24) is 19.1 Å². The molecule has 1 aromatic heterocycles. The number of aryl methyl sites for hydroxylation is 1. The molecule has 2 heterocycles. The molecule has 0 saturated carbocycles. The molecule has 0 atom stereocenters. The molecular formula is C22H24N4O5S2. The molecule has 1 fully saturated rings. The predicted molar refractivity (Wildman–Crippen MR) is 126 cm³/mol. The Morgan fingerprint density at radius 3 is 2.39 bits per heavy atom. The topological polar surface area (TPSA) is 109 Å². The van der Waals surface area contributed by atoms with Crippen LogP contribution in [0.4, 0.5) is 0 Å². The fourth-order valence-electron chi connectivity index (χ4n) is 3.79. The highest BCUT2D eigenvalue weighted by Crippen LogP contribution is 2.24. The maximum atomic E-state index is 13.1. The fraction of sp³-hybridized carbons (Fsp3) is 0.318. The van der Waals surface area contributed by atoms with Gasteiger partial charge in [-0.25, -0.2) is 8.42 Å². The summed E-state index contributed by atoms with van der Waals surface area (Å²) < 4.78 is 29.8. The molecule has 33 heavy (non-hydrogen) atoms. The van der Waals surface area contributed by atoms with Gasteiger partial charge in [-0.1, -0.05) is 29.5 Å². The predicted octanol–water partition coefficient (Wildman–Crippen LogP) is 1.35. The van der Waals surface area contributed by atoms with Crippen LogP contribution in [0.3, 0.4) is 0 Å². The summed E-state index contributed by atoms with van der Waals surface area (Å²) in [7, 11) is -3.75. The van der Waals surface area contributed by atoms with E-state index in [2.05, 4.69) is 5.32 Å². The summed E-state index contributed by atoms with van der Waals surface area (Å²) in [6.07, 6.45) is 0. The number of fused-ring (bicyclic) bond motifs is 1. The van der Waals surface area contributed by atoms with E-state index in [4.69, 9.17) is 0 Å². The van der Waals surface area contributed by atoms with Crippen LogP contribution in [-0.2, 0) is 21.4 Å². The number of hydrogen-bond donors (Lipinski definition) is 1. The lowest BCUT2D eigenvalue weighted by molar-refractivity contribution is -0.131. The molecule has 174 valence electrons. The summed E-state index contributed by atoms with van der Waals surface area (Å²) in [5.41, 5.74) is 1.19. The van der Waals surface area contributed by atoms with E-state index in [0.29, 0.717) is 16.8 Å². The Kier molecular flexibility index (Phi) is 6.63. The van der Waals surface area contributed by atoms with Crippen molar-refractivity contribution in [3.63, 3.8) is 0 Å². The van der Waals surface area contributed by atoms with Gasteiger partial charge in [0.2, 0.25) is 15.9 Å². The average molecular weight is 489 g/mol. The van der Waals surface area contributed by atoms with Gasteiger partial charge in [0.25, 0.3) is 5.91 Å². The van der Waals surface area contributed by atoms with Crippen molar-refractivity contribution < 1.29 is 18.0 Å². The van der Waals surface area contributed by atoms with Gasteiger partial charge in [-0.05, 0) is 37.3 Å². The molecule has 2 aromatic carbocycles. The molecule has 2 amide bonds. The Morgan fingerprint density at radius 1 is 1.03 bits per heavy atom. The average Bonchev–Trinajstić information content (AvgIpc) is 3.16. The number of aromatic nitrogens is 1. The van der Waals surface area contributed by atoms with E-state index in [1.165, 1.54) is 10.4 Å². The molecule has 3 aromatic rings. The largest absolute Gasteiger partial charge is 0.343 e. The zero-order chi connectivity index (χ0) is 23.6. The molecule has 0 aliphatic carbocycles. The number of carbonyl (C=O) groups excluding carboxylic acids is 2. The van der Waals surface area contributed by atoms with Crippen LogP contribution in [-0.4, -0.2) is 66.7 Å². The van der Waals surface area contributed by atoms with Crippen LogP contribution in [0.15, 0.2) is 58.2 Å². The van der Waals surface area contributed by atoms with E-state index in [9.17, 15) is 22.8 Å². The molecule has 9 nitrogen and oxygen atoms in total. The second-order valence-corrected chi connectivity index (χ2v) is 10.5. The van der Waals surface area contributed by atoms with Gasteiger partial charge in [0.05, 0.1) is 21.7 Å². The van der Waals surface area contributed by atoms with Crippen molar-refractivity contribution in [2.75, 3.05) is 32.7 Å². The second kappa shape index (κ2) is 9.46. The summed E-state index contributed by atoms with van der Waals surface area (Å²) in [6, 6.07) is 13.3. The van der Waals surface area contributed by atoms with Crippen LogP contribution in [0.1, 0.15) is 17.3 Å². The quantitative estimate of drug-likeness (QED) is 0.563. The molecule has 0 bridgehead atoms. The van der Waals surface area contributed by atoms with E-state index in [1.54, 1.807) is 51.9 Å². The minimum atomic E-state index is -3.75. The molecule has 0 spiro atoms. The van der Waals surface area contributed by atoms with Gasteiger partial charge in [0.1, 0.15) is 0 Å². The lowest BCUT2D eigenvalue weighted by Gasteiger charge is -2.34. The monoisotopic (exact) mass is 488 g/mol. The van der Waals surface area contributed by atoms with Crippen molar-refractivity contribution in [2.24, 2.45) is 0 Å². The number of rotatable bonds is 6. The molecular weight excluding hydrogens is 464 g/mol. The number of sulfonamides is 1. The van der Waals surface area contributed by atoms with Crippen molar-refractivity contribution in [3.05, 3.63) is 63.8 Å². The SMILES string of the molecule is CCn1c(=O)sc2cc(S(=O)(=O)N3CCN(C(=O)CNC(=O)c4ccccc4)CC3)ccc21. The lowest BCUT2D eigenvalue weighted by Crippen LogP contribution is -2.52. The van der Waals surface area contributed by atoms with Crippen molar-refractivity contribution in [1.29, 1.82) is 0 Å². The zero-order valence-electron chi connectivity index (χ0n) is 18.1. The Hall–Kier alpha value is -3.02. The molecule has 0 radical (unpaired) electrons. The molecule has 11 heteroatoms. The number of benzene rings is 2. The highest BCUT2D eigenvalue weighted by molar-refractivity contribution is 7.89. The molecule has 1 aliphatic rings. The van der Waals surface area contributed by atoms with Gasteiger partial charge in [-0.2, -0.15) is 4.31 Å². The summed E-state index contributed by atoms with van der Waals surface area (Å²) in [5.74, 6) is -0.594. The van der Waals surface area contributed by atoms with Crippen LogP contribution in [0.2, 0.25) is 0 Å². The lowest BCUT2D eigenvalue weighted by atomic mass is 10.2. The normalized spacial score (nSPS) is 15.0. The van der Waals surface area contributed by atoms with E-state index in [-0.39, 0.29) is 54.3 Å². The maximum Gasteiger partial charge on any atom is 0.308 e. The number of piperazine rings is 1. The molecule has 1 saturated heterocycles. The van der Waals surface area contributed by atoms with E-state index in [0.717, 1.165) is 16.9 Å². The van der Waals surface area contributed by atoms with Gasteiger partial charge in [0.15, 0.2) is 0 Å². The van der Waals surface area contributed by atoms with Crippen LogP contribution < -0.4 is 10.2 Å². The molecule has 0 unspecified atom stereocenters. The minimum Gasteiger partial charge on any atom is -0.343 e. The number of thiazole rings is 1.